The van der Waals surface area contributed by atoms with Gasteiger partial charge in [0, 0.05) is 43.1 Å². The van der Waals surface area contributed by atoms with Crippen LogP contribution in [0.15, 0.2) is 87.2 Å². The molecule has 1 N–H and O–H groups in total. The Morgan fingerprint density at radius 3 is 2.35 bits per heavy atom. The number of carbonyl (C=O) groups excluding carboxylic acids is 1. The summed E-state index contributed by atoms with van der Waals surface area (Å²) in [7, 11) is -4.02. The van der Waals surface area contributed by atoms with E-state index in [1.54, 1.807) is 54.6 Å². The second-order valence-corrected chi connectivity index (χ2v) is 10.6. The molecule has 0 radical (unpaired) electrons. The van der Waals surface area contributed by atoms with Crippen LogP contribution in [0.25, 0.3) is 10.8 Å². The van der Waals surface area contributed by atoms with Crippen molar-refractivity contribution in [2.75, 3.05) is 31.1 Å². The molecule has 2 aromatic carbocycles. The summed E-state index contributed by atoms with van der Waals surface area (Å²) in [5.41, 5.74) is -0.0359. The van der Waals surface area contributed by atoms with Gasteiger partial charge in [-0.2, -0.15) is 4.31 Å². The van der Waals surface area contributed by atoms with Gasteiger partial charge in [0.25, 0.3) is 5.56 Å². The van der Waals surface area contributed by atoms with Gasteiger partial charge in [0.05, 0.1) is 18.5 Å². The number of aromatic nitrogens is 1. The Balaban J connectivity index is 1.41. The molecule has 0 spiro atoms. The number of para-hydroxylation sites is 1. The number of sulfonamides is 1. The zero-order chi connectivity index (χ0) is 26.0. The molecule has 0 bridgehead atoms. The summed E-state index contributed by atoms with van der Waals surface area (Å²) in [6.45, 7) is 0.709. The lowest BCUT2D eigenvalue weighted by Gasteiger charge is -2.35. The fourth-order valence-corrected chi connectivity index (χ4v) is 6.10. The second-order valence-electron chi connectivity index (χ2n) is 8.67. The van der Waals surface area contributed by atoms with Crippen molar-refractivity contribution >= 4 is 32.4 Å². The number of carbonyl (C=O) groups is 1. The topological polar surface area (TPSA) is 105 Å². The first-order valence-corrected chi connectivity index (χ1v) is 13.2. The van der Waals surface area contributed by atoms with E-state index >= 15 is 0 Å². The highest BCUT2D eigenvalue weighted by atomic mass is 32.2. The van der Waals surface area contributed by atoms with Crippen LogP contribution in [0.5, 0.6) is 0 Å². The molecule has 0 aliphatic carbocycles. The van der Waals surface area contributed by atoms with Crippen LogP contribution in [0, 0.1) is 5.82 Å². The number of anilines is 1. The molecule has 3 heterocycles. The Bertz CT molecular complexity index is 1590. The molecular weight excluding hydrogens is 499 g/mol. The van der Waals surface area contributed by atoms with Crippen molar-refractivity contribution in [3.05, 3.63) is 95.1 Å². The molecule has 1 aliphatic heterocycles. The smallest absolute Gasteiger partial charge is 0.258 e. The number of benzene rings is 2. The van der Waals surface area contributed by atoms with E-state index < -0.39 is 21.5 Å². The van der Waals surface area contributed by atoms with Crippen LogP contribution in [0.3, 0.4) is 0 Å². The van der Waals surface area contributed by atoms with Gasteiger partial charge < -0.3 is 19.2 Å². The number of fused-ring (bicyclic) bond motifs is 1. The van der Waals surface area contributed by atoms with E-state index in [1.165, 1.54) is 22.8 Å². The number of furan rings is 1. The minimum absolute atomic E-state index is 0.0547. The highest BCUT2D eigenvalue weighted by molar-refractivity contribution is 7.89. The van der Waals surface area contributed by atoms with Crippen LogP contribution in [0.2, 0.25) is 0 Å². The van der Waals surface area contributed by atoms with Crippen LogP contribution in [-0.2, 0) is 27.9 Å². The van der Waals surface area contributed by atoms with E-state index in [1.807, 2.05) is 4.90 Å². The zero-order valence-electron chi connectivity index (χ0n) is 19.8. The van der Waals surface area contributed by atoms with E-state index in [0.29, 0.717) is 24.5 Å². The molecule has 9 nitrogen and oxygen atoms in total. The molecule has 37 heavy (non-hydrogen) atoms. The van der Waals surface area contributed by atoms with Gasteiger partial charge in [0.1, 0.15) is 23.0 Å². The molecule has 1 saturated heterocycles. The van der Waals surface area contributed by atoms with Crippen LogP contribution >= 0.6 is 0 Å². The Labute approximate surface area is 212 Å². The van der Waals surface area contributed by atoms with E-state index in [9.17, 15) is 22.4 Å². The third-order valence-electron chi connectivity index (χ3n) is 6.36. The molecule has 4 aromatic rings. The highest BCUT2D eigenvalue weighted by Gasteiger charge is 2.31. The SMILES string of the molecule is O=C(Cn1cc(S(=O)(=O)N2CCN(c3ccccc3F)CC2)c2ccccc2c1=O)NCc1ccco1. The lowest BCUT2D eigenvalue weighted by atomic mass is 10.2. The number of hydrogen-bond donors (Lipinski definition) is 1. The summed E-state index contributed by atoms with van der Waals surface area (Å²) >= 11 is 0. The summed E-state index contributed by atoms with van der Waals surface area (Å²) in [6.07, 6.45) is 2.72. The minimum atomic E-state index is -4.02. The number of halogens is 1. The number of piperazine rings is 1. The molecule has 5 rings (SSSR count). The predicted molar refractivity (Wildman–Crippen MR) is 136 cm³/mol. The Hall–Kier alpha value is -3.96. The third kappa shape index (κ3) is 5.00. The van der Waals surface area contributed by atoms with Crippen LogP contribution < -0.4 is 15.8 Å². The maximum Gasteiger partial charge on any atom is 0.258 e. The van der Waals surface area contributed by atoms with E-state index in [0.717, 1.165) is 4.57 Å². The first kappa shape index (κ1) is 24.7. The Morgan fingerprint density at radius 2 is 1.65 bits per heavy atom. The van der Waals surface area contributed by atoms with E-state index in [-0.39, 0.29) is 47.7 Å². The summed E-state index contributed by atoms with van der Waals surface area (Å²) in [5.74, 6) is -0.269. The van der Waals surface area contributed by atoms with Gasteiger partial charge in [0.2, 0.25) is 15.9 Å². The van der Waals surface area contributed by atoms with Gasteiger partial charge in [-0.3, -0.25) is 9.59 Å². The normalized spacial score (nSPS) is 14.7. The highest BCUT2D eigenvalue weighted by Crippen LogP contribution is 2.26. The first-order chi connectivity index (χ1) is 17.8. The molecular formula is C26H25FN4O5S. The Morgan fingerprint density at radius 1 is 0.946 bits per heavy atom. The van der Waals surface area contributed by atoms with Gasteiger partial charge in [-0.15, -0.1) is 0 Å². The number of pyridine rings is 1. The molecule has 11 heteroatoms. The molecule has 1 aliphatic rings. The lowest BCUT2D eigenvalue weighted by molar-refractivity contribution is -0.121. The largest absolute Gasteiger partial charge is 0.467 e. The quantitative estimate of drug-likeness (QED) is 0.399. The summed E-state index contributed by atoms with van der Waals surface area (Å²) < 4.78 is 49.4. The number of rotatable bonds is 7. The molecule has 1 fully saturated rings. The average Bonchev–Trinajstić information content (AvgIpc) is 3.43. The predicted octanol–water partition coefficient (Wildman–Crippen LogP) is 2.56. The monoisotopic (exact) mass is 524 g/mol. The van der Waals surface area contributed by atoms with Crippen molar-refractivity contribution in [1.29, 1.82) is 0 Å². The maximum atomic E-state index is 14.2. The van der Waals surface area contributed by atoms with Crippen molar-refractivity contribution in [1.82, 2.24) is 14.2 Å². The Kier molecular flexibility index (Phi) is 6.81. The van der Waals surface area contributed by atoms with E-state index in [2.05, 4.69) is 5.32 Å². The van der Waals surface area contributed by atoms with Crippen molar-refractivity contribution in [2.45, 2.75) is 18.0 Å². The molecule has 0 saturated carbocycles. The summed E-state index contributed by atoms with van der Waals surface area (Å²) in [5, 5.41) is 3.16. The standard InChI is InChI=1S/C26H25FN4O5S/c27-22-9-3-4-10-23(22)29-11-13-31(14-12-29)37(34,35)24-17-30(26(33)21-8-2-1-7-20(21)24)18-25(32)28-16-19-6-5-15-36-19/h1-10,15,17H,11-14,16,18H2,(H,28,32). The average molecular weight is 525 g/mol. The second kappa shape index (κ2) is 10.2. The van der Waals surface area contributed by atoms with E-state index in [4.69, 9.17) is 4.42 Å². The van der Waals surface area contributed by atoms with Crippen LogP contribution in [0.4, 0.5) is 10.1 Å². The van der Waals surface area contributed by atoms with Gasteiger partial charge in [0.15, 0.2) is 0 Å². The third-order valence-corrected chi connectivity index (χ3v) is 8.29. The molecule has 0 unspecified atom stereocenters. The van der Waals surface area contributed by atoms with Crippen LogP contribution in [-0.4, -0.2) is 49.4 Å². The van der Waals surface area contributed by atoms with Crippen molar-refractivity contribution < 1.29 is 22.0 Å². The number of nitrogens with zero attached hydrogens (tertiary/aromatic N) is 3. The summed E-state index contributed by atoms with van der Waals surface area (Å²) in [6, 6.07) is 16.2. The minimum Gasteiger partial charge on any atom is -0.467 e. The lowest BCUT2D eigenvalue weighted by Crippen LogP contribution is -2.49. The fourth-order valence-electron chi connectivity index (χ4n) is 4.46. The van der Waals surface area contributed by atoms with Gasteiger partial charge in [-0.1, -0.05) is 30.3 Å². The number of nitrogens with one attached hydrogen (secondary N) is 1. The zero-order valence-corrected chi connectivity index (χ0v) is 20.7. The van der Waals surface area contributed by atoms with Gasteiger partial charge in [-0.05, 0) is 30.3 Å². The van der Waals surface area contributed by atoms with Gasteiger partial charge >= 0.3 is 0 Å². The summed E-state index contributed by atoms with van der Waals surface area (Å²) in [4.78, 5) is 27.4. The van der Waals surface area contributed by atoms with Crippen molar-refractivity contribution in [3.8, 4) is 0 Å². The molecule has 0 atom stereocenters. The van der Waals surface area contributed by atoms with Crippen molar-refractivity contribution in [2.24, 2.45) is 0 Å². The van der Waals surface area contributed by atoms with Crippen LogP contribution in [0.1, 0.15) is 5.76 Å². The van der Waals surface area contributed by atoms with Gasteiger partial charge in [-0.25, -0.2) is 12.8 Å². The maximum absolute atomic E-state index is 14.2. The fraction of sp³-hybridized carbons (Fsp3) is 0.231. The molecule has 192 valence electrons. The molecule has 2 aromatic heterocycles. The van der Waals surface area contributed by atoms with Crippen molar-refractivity contribution in [3.63, 3.8) is 0 Å². The first-order valence-electron chi connectivity index (χ1n) is 11.8. The number of amides is 1. The molecule has 1 amide bonds. The number of hydrogen-bond acceptors (Lipinski definition) is 6.